The van der Waals surface area contributed by atoms with Crippen LogP contribution in [0.3, 0.4) is 0 Å². The van der Waals surface area contributed by atoms with Crippen molar-refractivity contribution >= 4 is 16.9 Å². The number of aliphatic hydroxyl groups is 1. The fourth-order valence-electron chi connectivity index (χ4n) is 4.41. The molecule has 0 amide bonds. The summed E-state index contributed by atoms with van der Waals surface area (Å²) in [4.78, 5) is 15.1. The maximum atomic E-state index is 12.9. The molecular weight excluding hydrogens is 418 g/mol. The predicted octanol–water partition coefficient (Wildman–Crippen LogP) is 3.07. The molecule has 0 spiro atoms. The lowest BCUT2D eigenvalue weighted by Gasteiger charge is -2.29. The standard InChI is InChI=1S/C26H33N3O4/c1-4-32-26(31)25-19(3)29(20-7-5-18(2)6-8-20)24-10-9-22(15-23(24)25)33-17-21(30)16-28-13-11-27-12-14-28/h5-10,15,21,27,30H,4,11-14,16-17H2,1-3H3/t21-/m0/s1. The Morgan fingerprint density at radius 3 is 2.55 bits per heavy atom. The zero-order chi connectivity index (χ0) is 23.4. The Balaban J connectivity index is 1.61. The lowest BCUT2D eigenvalue weighted by Crippen LogP contribution is -2.47. The van der Waals surface area contributed by atoms with E-state index in [2.05, 4.69) is 33.8 Å². The first kappa shape index (κ1) is 23.3. The highest BCUT2D eigenvalue weighted by atomic mass is 16.5. The van der Waals surface area contributed by atoms with Gasteiger partial charge in [-0.3, -0.25) is 4.90 Å². The van der Waals surface area contributed by atoms with E-state index < -0.39 is 6.10 Å². The summed E-state index contributed by atoms with van der Waals surface area (Å²) in [6.07, 6.45) is -0.581. The first-order valence-corrected chi connectivity index (χ1v) is 11.6. The molecule has 176 valence electrons. The quantitative estimate of drug-likeness (QED) is 0.513. The molecule has 3 aromatic rings. The van der Waals surface area contributed by atoms with Crippen molar-refractivity contribution in [2.45, 2.75) is 26.9 Å². The van der Waals surface area contributed by atoms with Crippen molar-refractivity contribution in [2.75, 3.05) is 45.9 Å². The number of aromatic nitrogens is 1. The van der Waals surface area contributed by atoms with Gasteiger partial charge in [0.05, 0.1) is 17.7 Å². The van der Waals surface area contributed by atoms with Crippen LogP contribution in [0, 0.1) is 13.8 Å². The zero-order valence-electron chi connectivity index (χ0n) is 19.6. The minimum Gasteiger partial charge on any atom is -0.491 e. The van der Waals surface area contributed by atoms with Crippen LogP contribution in [0.1, 0.15) is 28.5 Å². The minimum absolute atomic E-state index is 0.196. The molecule has 1 atom stereocenters. The van der Waals surface area contributed by atoms with E-state index in [1.165, 1.54) is 5.56 Å². The molecule has 0 radical (unpaired) electrons. The minimum atomic E-state index is -0.581. The molecule has 1 aliphatic rings. The van der Waals surface area contributed by atoms with Gasteiger partial charge < -0.3 is 24.5 Å². The molecule has 2 heterocycles. The number of nitrogens with zero attached hydrogens (tertiary/aromatic N) is 2. The summed E-state index contributed by atoms with van der Waals surface area (Å²) in [6, 6.07) is 13.9. The van der Waals surface area contributed by atoms with Crippen molar-refractivity contribution < 1.29 is 19.4 Å². The number of piperazine rings is 1. The summed E-state index contributed by atoms with van der Waals surface area (Å²) in [5.41, 5.74) is 4.43. The fourth-order valence-corrected chi connectivity index (χ4v) is 4.41. The van der Waals surface area contributed by atoms with Crippen LogP contribution < -0.4 is 10.1 Å². The van der Waals surface area contributed by atoms with E-state index in [9.17, 15) is 9.90 Å². The molecule has 1 saturated heterocycles. The predicted molar refractivity (Wildman–Crippen MR) is 130 cm³/mol. The van der Waals surface area contributed by atoms with Crippen LogP contribution in [0.25, 0.3) is 16.6 Å². The first-order valence-electron chi connectivity index (χ1n) is 11.6. The maximum Gasteiger partial charge on any atom is 0.340 e. The van der Waals surface area contributed by atoms with Gasteiger partial charge >= 0.3 is 5.97 Å². The van der Waals surface area contributed by atoms with Crippen molar-refractivity contribution in [1.29, 1.82) is 0 Å². The van der Waals surface area contributed by atoms with Crippen LogP contribution in [0.15, 0.2) is 42.5 Å². The Morgan fingerprint density at radius 1 is 1.12 bits per heavy atom. The van der Waals surface area contributed by atoms with Crippen LogP contribution in [0.4, 0.5) is 0 Å². The first-order chi connectivity index (χ1) is 16.0. The van der Waals surface area contributed by atoms with Crippen molar-refractivity contribution in [3.63, 3.8) is 0 Å². The van der Waals surface area contributed by atoms with E-state index in [0.29, 0.717) is 24.5 Å². The fraction of sp³-hybridized carbons (Fsp3) is 0.423. The second-order valence-corrected chi connectivity index (χ2v) is 8.55. The normalized spacial score (nSPS) is 15.5. The molecule has 0 bridgehead atoms. The summed E-state index contributed by atoms with van der Waals surface area (Å²) in [5.74, 6) is 0.273. The molecule has 0 saturated carbocycles. The average Bonchev–Trinajstić information content (AvgIpc) is 3.10. The van der Waals surface area contributed by atoms with Crippen LogP contribution >= 0.6 is 0 Å². The number of aliphatic hydroxyl groups excluding tert-OH is 1. The molecule has 1 aliphatic heterocycles. The van der Waals surface area contributed by atoms with Gasteiger partial charge in [0, 0.05) is 49.5 Å². The SMILES string of the molecule is CCOC(=O)c1c(C)n(-c2ccc(C)cc2)c2ccc(OC[C@@H](O)CN3CCNCC3)cc12. The molecular formula is C26H33N3O4. The van der Waals surface area contributed by atoms with Crippen molar-refractivity contribution in [3.05, 3.63) is 59.3 Å². The molecule has 0 unspecified atom stereocenters. The number of aryl methyl sites for hydroxylation is 1. The van der Waals surface area contributed by atoms with E-state index in [4.69, 9.17) is 9.47 Å². The van der Waals surface area contributed by atoms with Gasteiger partial charge in [0.1, 0.15) is 18.5 Å². The monoisotopic (exact) mass is 451 g/mol. The van der Waals surface area contributed by atoms with E-state index in [1.807, 2.05) is 37.3 Å². The number of β-amino-alcohol motifs (C(OH)–C–C–N with tert-alkyl or cyclic N) is 1. The van der Waals surface area contributed by atoms with Gasteiger partial charge in [-0.05, 0) is 51.1 Å². The highest BCUT2D eigenvalue weighted by molar-refractivity contribution is 6.07. The number of rotatable bonds is 8. The molecule has 0 aliphatic carbocycles. The maximum absolute atomic E-state index is 12.9. The number of esters is 1. The van der Waals surface area contributed by atoms with Crippen molar-refractivity contribution in [1.82, 2.24) is 14.8 Å². The zero-order valence-corrected chi connectivity index (χ0v) is 19.6. The Kier molecular flexibility index (Phi) is 7.33. The highest BCUT2D eigenvalue weighted by Crippen LogP contribution is 2.32. The van der Waals surface area contributed by atoms with Crippen LogP contribution in [0.2, 0.25) is 0 Å². The lowest BCUT2D eigenvalue weighted by molar-refractivity contribution is 0.0527. The third-order valence-electron chi connectivity index (χ3n) is 6.07. The average molecular weight is 452 g/mol. The van der Waals surface area contributed by atoms with Crippen LogP contribution in [-0.2, 0) is 4.74 Å². The van der Waals surface area contributed by atoms with Gasteiger partial charge in [-0.1, -0.05) is 17.7 Å². The third kappa shape index (κ3) is 5.21. The Hall–Kier alpha value is -2.87. The summed E-state index contributed by atoms with van der Waals surface area (Å²) in [5, 5.41) is 14.5. The molecule has 2 aromatic carbocycles. The Labute approximate surface area is 194 Å². The van der Waals surface area contributed by atoms with Gasteiger partial charge in [0.15, 0.2) is 0 Å². The Bertz CT molecular complexity index is 1100. The van der Waals surface area contributed by atoms with E-state index in [0.717, 1.165) is 48.5 Å². The lowest BCUT2D eigenvalue weighted by atomic mass is 10.1. The smallest absolute Gasteiger partial charge is 0.340 e. The third-order valence-corrected chi connectivity index (χ3v) is 6.07. The van der Waals surface area contributed by atoms with Crippen molar-refractivity contribution in [3.8, 4) is 11.4 Å². The number of carbonyl (C=O) groups excluding carboxylic acids is 1. The summed E-state index contributed by atoms with van der Waals surface area (Å²) in [7, 11) is 0. The number of hydrogen-bond acceptors (Lipinski definition) is 6. The second-order valence-electron chi connectivity index (χ2n) is 8.55. The number of fused-ring (bicyclic) bond motifs is 1. The largest absolute Gasteiger partial charge is 0.491 e. The van der Waals surface area contributed by atoms with Gasteiger partial charge in [0.25, 0.3) is 0 Å². The number of hydrogen-bond donors (Lipinski definition) is 2. The van der Waals surface area contributed by atoms with Gasteiger partial charge in [-0.25, -0.2) is 4.79 Å². The van der Waals surface area contributed by atoms with Crippen LogP contribution in [0.5, 0.6) is 5.75 Å². The van der Waals surface area contributed by atoms with E-state index in [1.54, 1.807) is 6.92 Å². The molecule has 1 aromatic heterocycles. The van der Waals surface area contributed by atoms with Crippen molar-refractivity contribution in [2.24, 2.45) is 0 Å². The van der Waals surface area contributed by atoms with Gasteiger partial charge in [-0.2, -0.15) is 0 Å². The summed E-state index contributed by atoms with van der Waals surface area (Å²) in [6.45, 7) is 10.6. The number of benzene rings is 2. The van der Waals surface area contributed by atoms with Gasteiger partial charge in [0.2, 0.25) is 0 Å². The topological polar surface area (TPSA) is 76.0 Å². The van der Waals surface area contributed by atoms with Gasteiger partial charge in [-0.15, -0.1) is 0 Å². The molecule has 4 rings (SSSR count). The van der Waals surface area contributed by atoms with E-state index >= 15 is 0 Å². The molecule has 7 nitrogen and oxygen atoms in total. The number of ether oxygens (including phenoxy) is 2. The van der Waals surface area contributed by atoms with E-state index in [-0.39, 0.29) is 12.6 Å². The second kappa shape index (κ2) is 10.4. The summed E-state index contributed by atoms with van der Waals surface area (Å²) < 4.78 is 13.4. The number of nitrogens with one attached hydrogen (secondary N) is 1. The highest BCUT2D eigenvalue weighted by Gasteiger charge is 2.23. The molecule has 7 heteroatoms. The molecule has 2 N–H and O–H groups in total. The number of carbonyl (C=O) groups is 1. The molecule has 33 heavy (non-hydrogen) atoms. The summed E-state index contributed by atoms with van der Waals surface area (Å²) >= 11 is 0. The molecule has 1 fully saturated rings. The van der Waals surface area contributed by atoms with Crippen LogP contribution in [-0.4, -0.2) is 72.6 Å². The Morgan fingerprint density at radius 2 is 1.85 bits per heavy atom.